The van der Waals surface area contributed by atoms with Crippen molar-refractivity contribution in [1.29, 1.82) is 0 Å². The molecular weight excluding hydrogens is 314 g/mol. The van der Waals surface area contributed by atoms with E-state index in [9.17, 15) is 0 Å². The highest BCUT2D eigenvalue weighted by Crippen LogP contribution is 2.26. The van der Waals surface area contributed by atoms with E-state index in [2.05, 4.69) is 27.6 Å². The van der Waals surface area contributed by atoms with Crippen molar-refractivity contribution < 1.29 is 9.47 Å². The van der Waals surface area contributed by atoms with Crippen LogP contribution in [0.25, 0.3) is 10.8 Å². The molecule has 5 heteroatoms. The molecule has 4 rings (SSSR count). The number of ether oxygens (including phenoxy) is 2. The molecule has 1 fully saturated rings. The Hall–Kier alpha value is -2.66. The van der Waals surface area contributed by atoms with E-state index in [1.807, 2.05) is 43.3 Å². The third-order valence-electron chi connectivity index (χ3n) is 4.45. The third-order valence-corrected chi connectivity index (χ3v) is 4.45. The first-order valence-electron chi connectivity index (χ1n) is 8.63. The number of aromatic nitrogens is 2. The molecule has 0 bridgehead atoms. The Labute approximate surface area is 147 Å². The lowest BCUT2D eigenvalue weighted by atomic mass is 10.1. The lowest BCUT2D eigenvalue weighted by Crippen LogP contribution is -2.16. The van der Waals surface area contributed by atoms with E-state index < -0.39 is 0 Å². The van der Waals surface area contributed by atoms with Gasteiger partial charge in [0.05, 0.1) is 11.8 Å². The van der Waals surface area contributed by atoms with Gasteiger partial charge in [-0.2, -0.15) is 5.10 Å². The first-order valence-corrected chi connectivity index (χ1v) is 8.63. The monoisotopic (exact) mass is 335 g/mol. The van der Waals surface area contributed by atoms with Crippen molar-refractivity contribution in [2.24, 2.45) is 0 Å². The molecule has 1 unspecified atom stereocenters. The molecule has 128 valence electrons. The molecule has 1 aliphatic heterocycles. The smallest absolute Gasteiger partial charge is 0.160 e. The predicted molar refractivity (Wildman–Crippen MR) is 98.5 cm³/mol. The summed E-state index contributed by atoms with van der Waals surface area (Å²) in [5.74, 6) is 1.61. The Kier molecular flexibility index (Phi) is 4.48. The Morgan fingerprint density at radius 1 is 1.08 bits per heavy atom. The summed E-state index contributed by atoms with van der Waals surface area (Å²) in [4.78, 5) is 0. The zero-order valence-electron chi connectivity index (χ0n) is 14.2. The number of hydrogen-bond acceptors (Lipinski definition) is 5. The molecule has 3 aromatic rings. The molecule has 0 spiro atoms. The summed E-state index contributed by atoms with van der Waals surface area (Å²) in [5.41, 5.74) is 1.88. The number of aryl methyl sites for hydroxylation is 1. The number of benzene rings is 2. The van der Waals surface area contributed by atoms with Crippen LogP contribution in [-0.4, -0.2) is 29.5 Å². The lowest BCUT2D eigenvalue weighted by molar-refractivity contribution is 0.0679. The average molecular weight is 335 g/mol. The summed E-state index contributed by atoms with van der Waals surface area (Å²) < 4.78 is 11.4. The normalized spacial score (nSPS) is 16.9. The number of rotatable bonds is 5. The molecule has 2 heterocycles. The second kappa shape index (κ2) is 7.07. The van der Waals surface area contributed by atoms with Crippen LogP contribution in [0.4, 0.5) is 11.5 Å². The summed E-state index contributed by atoms with van der Waals surface area (Å²) in [6.45, 7) is 3.43. The van der Waals surface area contributed by atoms with Crippen molar-refractivity contribution in [3.8, 4) is 5.75 Å². The van der Waals surface area contributed by atoms with Crippen molar-refractivity contribution in [3.05, 3.63) is 54.2 Å². The van der Waals surface area contributed by atoms with Gasteiger partial charge in [-0.3, -0.25) is 0 Å². The summed E-state index contributed by atoms with van der Waals surface area (Å²) in [6.07, 6.45) is 2.44. The van der Waals surface area contributed by atoms with E-state index in [0.717, 1.165) is 53.2 Å². The fourth-order valence-corrected chi connectivity index (χ4v) is 3.07. The Morgan fingerprint density at radius 2 is 1.88 bits per heavy atom. The van der Waals surface area contributed by atoms with E-state index in [1.54, 1.807) is 0 Å². The Bertz CT molecular complexity index is 858. The zero-order chi connectivity index (χ0) is 17.1. The molecule has 1 atom stereocenters. The van der Waals surface area contributed by atoms with Crippen molar-refractivity contribution in [3.63, 3.8) is 0 Å². The van der Waals surface area contributed by atoms with Crippen LogP contribution in [0.15, 0.2) is 48.5 Å². The van der Waals surface area contributed by atoms with Crippen molar-refractivity contribution in [2.75, 3.05) is 18.5 Å². The SMILES string of the molecule is Cc1nnc(Nc2ccc(OCC3CCCO3)cc2)c2ccccc12. The van der Waals surface area contributed by atoms with E-state index in [4.69, 9.17) is 9.47 Å². The third kappa shape index (κ3) is 3.56. The van der Waals surface area contributed by atoms with Crippen LogP contribution in [0.5, 0.6) is 5.75 Å². The fraction of sp³-hybridized carbons (Fsp3) is 0.300. The molecular formula is C20H21N3O2. The Balaban J connectivity index is 1.47. The van der Waals surface area contributed by atoms with Gasteiger partial charge in [0.15, 0.2) is 5.82 Å². The number of nitrogens with zero attached hydrogens (tertiary/aromatic N) is 2. The summed E-state index contributed by atoms with van der Waals surface area (Å²) in [7, 11) is 0. The summed E-state index contributed by atoms with van der Waals surface area (Å²) in [5, 5.41) is 14.1. The molecule has 1 aromatic heterocycles. The van der Waals surface area contributed by atoms with Gasteiger partial charge in [-0.15, -0.1) is 5.10 Å². The lowest BCUT2D eigenvalue weighted by Gasteiger charge is -2.12. The molecule has 1 N–H and O–H groups in total. The maximum absolute atomic E-state index is 5.80. The maximum Gasteiger partial charge on any atom is 0.160 e. The fourth-order valence-electron chi connectivity index (χ4n) is 3.07. The number of anilines is 2. The minimum atomic E-state index is 0.229. The van der Waals surface area contributed by atoms with Crippen molar-refractivity contribution >= 4 is 22.3 Å². The predicted octanol–water partition coefficient (Wildman–Crippen LogP) is 4.24. The second-order valence-corrected chi connectivity index (χ2v) is 6.28. The van der Waals surface area contributed by atoms with Gasteiger partial charge < -0.3 is 14.8 Å². The van der Waals surface area contributed by atoms with Crippen molar-refractivity contribution in [1.82, 2.24) is 10.2 Å². The molecule has 25 heavy (non-hydrogen) atoms. The van der Waals surface area contributed by atoms with Gasteiger partial charge in [0.2, 0.25) is 0 Å². The highest BCUT2D eigenvalue weighted by molar-refractivity contribution is 5.94. The first kappa shape index (κ1) is 15.8. The number of fused-ring (bicyclic) bond motifs is 1. The molecule has 1 saturated heterocycles. The molecule has 1 aliphatic rings. The van der Waals surface area contributed by atoms with Gasteiger partial charge in [0.25, 0.3) is 0 Å². The van der Waals surface area contributed by atoms with Gasteiger partial charge in [-0.05, 0) is 44.0 Å². The van der Waals surface area contributed by atoms with E-state index in [0.29, 0.717) is 6.61 Å². The van der Waals surface area contributed by atoms with Crippen LogP contribution in [0.1, 0.15) is 18.5 Å². The minimum absolute atomic E-state index is 0.229. The zero-order valence-corrected chi connectivity index (χ0v) is 14.2. The van der Waals surface area contributed by atoms with E-state index >= 15 is 0 Å². The largest absolute Gasteiger partial charge is 0.491 e. The van der Waals surface area contributed by atoms with Crippen LogP contribution >= 0.6 is 0 Å². The van der Waals surface area contributed by atoms with Gasteiger partial charge in [0.1, 0.15) is 12.4 Å². The van der Waals surface area contributed by atoms with Crippen molar-refractivity contribution in [2.45, 2.75) is 25.9 Å². The molecule has 0 radical (unpaired) electrons. The van der Waals surface area contributed by atoms with E-state index in [-0.39, 0.29) is 6.10 Å². The maximum atomic E-state index is 5.80. The molecule has 5 nitrogen and oxygen atoms in total. The summed E-state index contributed by atoms with van der Waals surface area (Å²) >= 11 is 0. The average Bonchev–Trinajstić information content (AvgIpc) is 3.17. The van der Waals surface area contributed by atoms with Crippen LogP contribution in [0.2, 0.25) is 0 Å². The number of hydrogen-bond donors (Lipinski definition) is 1. The molecule has 0 aliphatic carbocycles. The first-order chi connectivity index (χ1) is 12.3. The molecule has 0 saturated carbocycles. The van der Waals surface area contributed by atoms with Crippen LogP contribution in [0.3, 0.4) is 0 Å². The van der Waals surface area contributed by atoms with Crippen LogP contribution in [-0.2, 0) is 4.74 Å². The van der Waals surface area contributed by atoms with Gasteiger partial charge in [0, 0.05) is 23.1 Å². The standard InChI is InChI=1S/C20H21N3O2/c1-14-18-6-2-3-7-19(18)20(23-22-14)21-15-8-10-16(11-9-15)25-13-17-5-4-12-24-17/h2-3,6-11,17H,4-5,12-13H2,1H3,(H,21,23). The van der Waals surface area contributed by atoms with E-state index in [1.165, 1.54) is 0 Å². The number of nitrogens with one attached hydrogen (secondary N) is 1. The molecule has 0 amide bonds. The quantitative estimate of drug-likeness (QED) is 0.756. The topological polar surface area (TPSA) is 56.3 Å². The summed E-state index contributed by atoms with van der Waals surface area (Å²) in [6, 6.07) is 16.0. The van der Waals surface area contributed by atoms with Crippen LogP contribution < -0.4 is 10.1 Å². The van der Waals surface area contributed by atoms with Gasteiger partial charge in [-0.1, -0.05) is 24.3 Å². The highest BCUT2D eigenvalue weighted by Gasteiger charge is 2.15. The second-order valence-electron chi connectivity index (χ2n) is 6.28. The minimum Gasteiger partial charge on any atom is -0.491 e. The molecule has 2 aromatic carbocycles. The van der Waals surface area contributed by atoms with Gasteiger partial charge >= 0.3 is 0 Å². The Morgan fingerprint density at radius 3 is 2.64 bits per heavy atom. The highest BCUT2D eigenvalue weighted by atomic mass is 16.5. The van der Waals surface area contributed by atoms with Crippen LogP contribution in [0, 0.1) is 6.92 Å². The van der Waals surface area contributed by atoms with Gasteiger partial charge in [-0.25, -0.2) is 0 Å².